The molecular weight excluding hydrogens is 216 g/mol. The summed E-state index contributed by atoms with van der Waals surface area (Å²) in [6.07, 6.45) is 0.796. The van der Waals surface area contributed by atoms with Crippen molar-refractivity contribution in [2.24, 2.45) is 11.7 Å². The molecule has 4 nitrogen and oxygen atoms in total. The maximum absolute atomic E-state index is 11.8. The van der Waals surface area contributed by atoms with Crippen LogP contribution >= 0.6 is 0 Å². The number of benzene rings is 1. The highest BCUT2D eigenvalue weighted by molar-refractivity contribution is 5.82. The summed E-state index contributed by atoms with van der Waals surface area (Å²) < 4.78 is 5.27. The fourth-order valence-electron chi connectivity index (χ4n) is 1.94. The summed E-state index contributed by atoms with van der Waals surface area (Å²) in [6, 6.07) is 7.67. The number of nitrogens with two attached hydrogens (primary N) is 1. The van der Waals surface area contributed by atoms with Gasteiger partial charge in [0.15, 0.2) is 0 Å². The third-order valence-electron chi connectivity index (χ3n) is 3.14. The first-order valence-corrected chi connectivity index (χ1v) is 5.82. The Morgan fingerprint density at radius 3 is 2.76 bits per heavy atom. The molecule has 0 aromatic heterocycles. The van der Waals surface area contributed by atoms with Crippen molar-refractivity contribution in [3.05, 3.63) is 29.8 Å². The number of ether oxygens (including phenoxy) is 1. The van der Waals surface area contributed by atoms with Gasteiger partial charge in [-0.1, -0.05) is 18.2 Å². The Labute approximate surface area is 101 Å². The molecule has 0 bridgehead atoms. The van der Waals surface area contributed by atoms with Crippen LogP contribution < -0.4 is 15.8 Å². The first-order chi connectivity index (χ1) is 8.13. The van der Waals surface area contributed by atoms with E-state index in [9.17, 15) is 4.79 Å². The topological polar surface area (TPSA) is 64.3 Å². The van der Waals surface area contributed by atoms with Crippen LogP contribution in [0.4, 0.5) is 0 Å². The van der Waals surface area contributed by atoms with Crippen LogP contribution in [0.15, 0.2) is 24.3 Å². The van der Waals surface area contributed by atoms with Crippen LogP contribution in [0.2, 0.25) is 0 Å². The maximum atomic E-state index is 11.8. The second kappa shape index (κ2) is 4.75. The molecule has 92 valence electrons. The van der Waals surface area contributed by atoms with Crippen molar-refractivity contribution < 1.29 is 9.53 Å². The monoisotopic (exact) mass is 234 g/mol. The fourth-order valence-corrected chi connectivity index (χ4v) is 1.94. The van der Waals surface area contributed by atoms with Gasteiger partial charge >= 0.3 is 0 Å². The quantitative estimate of drug-likeness (QED) is 0.823. The number of carbonyl (C=O) groups excluding carboxylic acids is 1. The Bertz CT molecular complexity index is 420. The number of methoxy groups -OCH3 is 1. The van der Waals surface area contributed by atoms with Crippen molar-refractivity contribution in [3.8, 4) is 5.75 Å². The van der Waals surface area contributed by atoms with Crippen molar-refractivity contribution >= 4 is 5.91 Å². The van der Waals surface area contributed by atoms with Crippen LogP contribution in [0, 0.1) is 5.92 Å². The van der Waals surface area contributed by atoms with E-state index in [4.69, 9.17) is 10.5 Å². The largest absolute Gasteiger partial charge is 0.496 e. The van der Waals surface area contributed by atoms with E-state index in [2.05, 4.69) is 5.32 Å². The van der Waals surface area contributed by atoms with Crippen LogP contribution in [0.25, 0.3) is 0 Å². The minimum Gasteiger partial charge on any atom is -0.496 e. The zero-order chi connectivity index (χ0) is 12.4. The van der Waals surface area contributed by atoms with Gasteiger partial charge in [0, 0.05) is 11.6 Å². The van der Waals surface area contributed by atoms with E-state index in [1.807, 2.05) is 31.2 Å². The average Bonchev–Trinajstić information content (AvgIpc) is 3.06. The summed E-state index contributed by atoms with van der Waals surface area (Å²) in [5.41, 5.74) is 6.64. The normalized spacial score (nSPS) is 23.9. The minimum atomic E-state index is -0.0635. The van der Waals surface area contributed by atoms with Crippen LogP contribution in [-0.4, -0.2) is 19.1 Å². The van der Waals surface area contributed by atoms with Crippen LogP contribution in [0.5, 0.6) is 5.75 Å². The molecule has 1 aliphatic rings. The molecule has 2 rings (SSSR count). The summed E-state index contributed by atoms with van der Waals surface area (Å²) in [7, 11) is 1.63. The molecule has 0 radical (unpaired) electrons. The van der Waals surface area contributed by atoms with E-state index < -0.39 is 0 Å². The number of hydrogen-bond donors (Lipinski definition) is 2. The maximum Gasteiger partial charge on any atom is 0.225 e. The molecule has 0 spiro atoms. The van der Waals surface area contributed by atoms with Gasteiger partial charge in [0.2, 0.25) is 5.91 Å². The lowest BCUT2D eigenvalue weighted by Gasteiger charge is -2.17. The zero-order valence-electron chi connectivity index (χ0n) is 10.1. The number of para-hydroxylation sites is 1. The van der Waals surface area contributed by atoms with Gasteiger partial charge in [0.05, 0.1) is 19.1 Å². The molecule has 1 saturated carbocycles. The smallest absolute Gasteiger partial charge is 0.225 e. The lowest BCUT2D eigenvalue weighted by Crippen LogP contribution is -2.30. The van der Waals surface area contributed by atoms with E-state index in [1.165, 1.54) is 0 Å². The predicted molar refractivity (Wildman–Crippen MR) is 65.6 cm³/mol. The highest BCUT2D eigenvalue weighted by atomic mass is 16.5. The third-order valence-corrected chi connectivity index (χ3v) is 3.14. The van der Waals surface area contributed by atoms with Gasteiger partial charge in [0.1, 0.15) is 5.75 Å². The molecule has 0 saturated heterocycles. The van der Waals surface area contributed by atoms with Crippen molar-refractivity contribution in [3.63, 3.8) is 0 Å². The van der Waals surface area contributed by atoms with E-state index >= 15 is 0 Å². The molecular formula is C13H18N2O2. The van der Waals surface area contributed by atoms with E-state index in [-0.39, 0.29) is 23.9 Å². The standard InChI is InChI=1S/C13H18N2O2/c1-8(15-13(16)10-7-11(10)14)9-5-3-4-6-12(9)17-2/h3-6,8,10-11H,7,14H2,1-2H3,(H,15,16). The van der Waals surface area contributed by atoms with E-state index in [0.717, 1.165) is 17.7 Å². The van der Waals surface area contributed by atoms with Gasteiger partial charge < -0.3 is 15.8 Å². The van der Waals surface area contributed by atoms with Crippen LogP contribution in [-0.2, 0) is 4.79 Å². The molecule has 0 aliphatic heterocycles. The van der Waals surface area contributed by atoms with Crippen molar-refractivity contribution in [2.45, 2.75) is 25.4 Å². The van der Waals surface area contributed by atoms with Crippen LogP contribution in [0.3, 0.4) is 0 Å². The Morgan fingerprint density at radius 2 is 2.18 bits per heavy atom. The summed E-state index contributed by atoms with van der Waals surface area (Å²) >= 11 is 0. The number of amides is 1. The molecule has 0 heterocycles. The minimum absolute atomic E-state index is 0.00726. The molecule has 1 aromatic rings. The molecule has 3 unspecified atom stereocenters. The van der Waals surface area contributed by atoms with Crippen molar-refractivity contribution in [1.82, 2.24) is 5.32 Å². The van der Waals surface area contributed by atoms with Gasteiger partial charge in [-0.05, 0) is 19.4 Å². The number of carbonyl (C=O) groups is 1. The fraction of sp³-hybridized carbons (Fsp3) is 0.462. The number of hydrogen-bond acceptors (Lipinski definition) is 3. The highest BCUT2D eigenvalue weighted by Crippen LogP contribution is 2.30. The van der Waals surface area contributed by atoms with Crippen LogP contribution in [0.1, 0.15) is 24.9 Å². The van der Waals surface area contributed by atoms with Gasteiger partial charge in [-0.25, -0.2) is 0 Å². The Kier molecular flexibility index (Phi) is 3.33. The van der Waals surface area contributed by atoms with Gasteiger partial charge in [-0.15, -0.1) is 0 Å². The summed E-state index contributed by atoms with van der Waals surface area (Å²) in [6.45, 7) is 1.95. The molecule has 1 aromatic carbocycles. The molecule has 1 amide bonds. The van der Waals surface area contributed by atoms with E-state index in [0.29, 0.717) is 0 Å². The van der Waals surface area contributed by atoms with Gasteiger partial charge in [0.25, 0.3) is 0 Å². The van der Waals surface area contributed by atoms with E-state index in [1.54, 1.807) is 7.11 Å². The SMILES string of the molecule is COc1ccccc1C(C)NC(=O)C1CC1N. The first-order valence-electron chi connectivity index (χ1n) is 5.82. The Balaban J connectivity index is 2.03. The molecule has 3 atom stereocenters. The first kappa shape index (κ1) is 11.9. The number of nitrogens with one attached hydrogen (secondary N) is 1. The zero-order valence-corrected chi connectivity index (χ0v) is 10.1. The summed E-state index contributed by atoms with van der Waals surface area (Å²) in [5.74, 6) is 0.823. The Hall–Kier alpha value is -1.55. The summed E-state index contributed by atoms with van der Waals surface area (Å²) in [5, 5.41) is 2.96. The second-order valence-corrected chi connectivity index (χ2v) is 4.48. The van der Waals surface area contributed by atoms with Crippen molar-refractivity contribution in [1.29, 1.82) is 0 Å². The van der Waals surface area contributed by atoms with Crippen molar-refractivity contribution in [2.75, 3.05) is 7.11 Å². The molecule has 4 heteroatoms. The highest BCUT2D eigenvalue weighted by Gasteiger charge is 2.40. The number of rotatable bonds is 4. The van der Waals surface area contributed by atoms with Gasteiger partial charge in [-0.2, -0.15) is 0 Å². The average molecular weight is 234 g/mol. The summed E-state index contributed by atoms with van der Waals surface area (Å²) in [4.78, 5) is 11.8. The third kappa shape index (κ3) is 2.58. The molecule has 1 aliphatic carbocycles. The lowest BCUT2D eigenvalue weighted by molar-refractivity contribution is -0.123. The lowest BCUT2D eigenvalue weighted by atomic mass is 10.1. The molecule has 17 heavy (non-hydrogen) atoms. The Morgan fingerprint density at radius 1 is 1.53 bits per heavy atom. The predicted octanol–water partition coefficient (Wildman–Crippen LogP) is 1.22. The second-order valence-electron chi connectivity index (χ2n) is 4.48. The molecule has 3 N–H and O–H groups in total. The molecule has 1 fully saturated rings. The van der Waals surface area contributed by atoms with Gasteiger partial charge in [-0.3, -0.25) is 4.79 Å².